The van der Waals surface area contributed by atoms with Crippen molar-refractivity contribution in [3.63, 3.8) is 0 Å². The summed E-state index contributed by atoms with van der Waals surface area (Å²) in [6.07, 6.45) is 0. The fourth-order valence-corrected chi connectivity index (χ4v) is 3.30. The standard InChI is InChI=1S/C16H24FN3O/c1-12(16-14(17)4-3-5-15(16)21-2)19-6-8-20(9-7-19)13-10-18-11-13/h3-5,12-13,18H,6-11H2,1-2H3. The molecule has 1 aromatic carbocycles. The van der Waals surface area contributed by atoms with E-state index in [1.807, 2.05) is 6.07 Å². The quantitative estimate of drug-likeness (QED) is 0.910. The van der Waals surface area contributed by atoms with Gasteiger partial charge in [0, 0.05) is 56.9 Å². The third-order valence-corrected chi connectivity index (χ3v) is 4.82. The van der Waals surface area contributed by atoms with E-state index in [-0.39, 0.29) is 11.9 Å². The van der Waals surface area contributed by atoms with Gasteiger partial charge >= 0.3 is 0 Å². The Bertz CT molecular complexity index is 484. The van der Waals surface area contributed by atoms with Crippen LogP contribution in [0.2, 0.25) is 0 Å². The lowest BCUT2D eigenvalue weighted by atomic mass is 10.0. The van der Waals surface area contributed by atoms with Gasteiger partial charge < -0.3 is 10.1 Å². The zero-order valence-electron chi connectivity index (χ0n) is 12.8. The second kappa shape index (κ2) is 6.30. The largest absolute Gasteiger partial charge is 0.496 e. The van der Waals surface area contributed by atoms with Crippen LogP contribution < -0.4 is 10.1 Å². The molecule has 2 saturated heterocycles. The van der Waals surface area contributed by atoms with Gasteiger partial charge in [-0.15, -0.1) is 0 Å². The van der Waals surface area contributed by atoms with Gasteiger partial charge in [-0.2, -0.15) is 0 Å². The monoisotopic (exact) mass is 293 g/mol. The van der Waals surface area contributed by atoms with Gasteiger partial charge in [0.25, 0.3) is 0 Å². The summed E-state index contributed by atoms with van der Waals surface area (Å²) in [6, 6.07) is 5.80. The van der Waals surface area contributed by atoms with Crippen molar-refractivity contribution >= 4 is 0 Å². The van der Waals surface area contributed by atoms with Gasteiger partial charge in [0.1, 0.15) is 11.6 Å². The number of piperazine rings is 1. The summed E-state index contributed by atoms with van der Waals surface area (Å²) in [6.45, 7) is 8.38. The molecule has 21 heavy (non-hydrogen) atoms. The summed E-state index contributed by atoms with van der Waals surface area (Å²) in [4.78, 5) is 4.89. The molecule has 2 heterocycles. The van der Waals surface area contributed by atoms with Crippen LogP contribution in [0.4, 0.5) is 4.39 Å². The molecule has 0 aromatic heterocycles. The SMILES string of the molecule is COc1cccc(F)c1C(C)N1CCN(C2CNC2)CC1. The van der Waals surface area contributed by atoms with E-state index in [0.29, 0.717) is 17.4 Å². The van der Waals surface area contributed by atoms with Crippen molar-refractivity contribution in [3.8, 4) is 5.75 Å². The second-order valence-corrected chi connectivity index (χ2v) is 5.92. The highest BCUT2D eigenvalue weighted by atomic mass is 19.1. The second-order valence-electron chi connectivity index (χ2n) is 5.92. The number of hydrogen-bond donors (Lipinski definition) is 1. The Labute approximate surface area is 125 Å². The van der Waals surface area contributed by atoms with E-state index in [4.69, 9.17) is 4.74 Å². The van der Waals surface area contributed by atoms with E-state index in [1.165, 1.54) is 6.07 Å². The molecule has 3 rings (SSSR count). The normalized spacial score (nSPS) is 22.8. The Kier molecular flexibility index (Phi) is 4.42. The maximum atomic E-state index is 14.2. The predicted molar refractivity (Wildman–Crippen MR) is 81.2 cm³/mol. The first-order chi connectivity index (χ1) is 10.2. The molecule has 0 amide bonds. The lowest BCUT2D eigenvalue weighted by molar-refractivity contribution is 0.0539. The minimum absolute atomic E-state index is 0.0443. The number of nitrogens with one attached hydrogen (secondary N) is 1. The molecule has 5 heteroatoms. The Hall–Kier alpha value is -1.17. The third kappa shape index (κ3) is 2.91. The van der Waals surface area contributed by atoms with Crippen molar-refractivity contribution in [3.05, 3.63) is 29.6 Å². The van der Waals surface area contributed by atoms with Gasteiger partial charge in [0.2, 0.25) is 0 Å². The number of rotatable bonds is 4. The fraction of sp³-hybridized carbons (Fsp3) is 0.625. The van der Waals surface area contributed by atoms with Crippen molar-refractivity contribution in [1.29, 1.82) is 0 Å². The first kappa shape index (κ1) is 14.8. The highest BCUT2D eigenvalue weighted by Gasteiger charge is 2.30. The third-order valence-electron chi connectivity index (χ3n) is 4.82. The van der Waals surface area contributed by atoms with Crippen LogP contribution in [0.25, 0.3) is 0 Å². The molecule has 1 atom stereocenters. The summed E-state index contributed by atoms with van der Waals surface area (Å²) >= 11 is 0. The van der Waals surface area contributed by atoms with Gasteiger partial charge in [-0.3, -0.25) is 9.80 Å². The van der Waals surface area contributed by atoms with Crippen molar-refractivity contribution < 1.29 is 9.13 Å². The summed E-state index contributed by atoms with van der Waals surface area (Å²) in [5, 5.41) is 3.32. The van der Waals surface area contributed by atoms with Gasteiger partial charge in [0.15, 0.2) is 0 Å². The minimum Gasteiger partial charge on any atom is -0.496 e. The van der Waals surface area contributed by atoms with Crippen LogP contribution in [0.5, 0.6) is 5.75 Å². The smallest absolute Gasteiger partial charge is 0.131 e. The zero-order valence-corrected chi connectivity index (χ0v) is 12.8. The molecule has 2 fully saturated rings. The summed E-state index contributed by atoms with van der Waals surface area (Å²) in [5.41, 5.74) is 0.679. The summed E-state index contributed by atoms with van der Waals surface area (Å²) < 4.78 is 19.5. The highest BCUT2D eigenvalue weighted by molar-refractivity contribution is 5.37. The number of halogens is 1. The Morgan fingerprint density at radius 3 is 2.52 bits per heavy atom. The molecule has 116 valence electrons. The molecule has 0 spiro atoms. The van der Waals surface area contributed by atoms with Gasteiger partial charge in [0.05, 0.1) is 7.11 Å². The lowest BCUT2D eigenvalue weighted by Gasteiger charge is -2.44. The van der Waals surface area contributed by atoms with Crippen LogP contribution in [-0.2, 0) is 0 Å². The van der Waals surface area contributed by atoms with Gasteiger partial charge in [-0.25, -0.2) is 4.39 Å². The maximum Gasteiger partial charge on any atom is 0.131 e. The minimum atomic E-state index is -0.174. The zero-order chi connectivity index (χ0) is 14.8. The molecule has 2 aliphatic rings. The number of benzene rings is 1. The Morgan fingerprint density at radius 1 is 1.24 bits per heavy atom. The molecule has 0 saturated carbocycles. The molecule has 4 nitrogen and oxygen atoms in total. The van der Waals surface area contributed by atoms with E-state index < -0.39 is 0 Å². The van der Waals surface area contributed by atoms with Crippen molar-refractivity contribution in [2.75, 3.05) is 46.4 Å². The highest BCUT2D eigenvalue weighted by Crippen LogP contribution is 2.32. The van der Waals surface area contributed by atoms with Crippen molar-refractivity contribution in [1.82, 2.24) is 15.1 Å². The van der Waals surface area contributed by atoms with Crippen molar-refractivity contribution in [2.24, 2.45) is 0 Å². The fourth-order valence-electron chi connectivity index (χ4n) is 3.30. The van der Waals surface area contributed by atoms with E-state index >= 15 is 0 Å². The van der Waals surface area contributed by atoms with Gasteiger partial charge in [-0.05, 0) is 19.1 Å². The number of ether oxygens (including phenoxy) is 1. The molecule has 1 unspecified atom stereocenters. The van der Waals surface area contributed by atoms with Crippen LogP contribution in [0, 0.1) is 5.82 Å². The molecule has 1 N–H and O–H groups in total. The van der Waals surface area contributed by atoms with E-state index in [2.05, 4.69) is 22.0 Å². The molecular weight excluding hydrogens is 269 g/mol. The first-order valence-electron chi connectivity index (χ1n) is 7.72. The van der Waals surface area contributed by atoms with Gasteiger partial charge in [-0.1, -0.05) is 6.07 Å². The number of nitrogens with zero attached hydrogens (tertiary/aromatic N) is 2. The van der Waals surface area contributed by atoms with Crippen LogP contribution in [0.15, 0.2) is 18.2 Å². The Balaban J connectivity index is 1.67. The molecule has 2 aliphatic heterocycles. The van der Waals surface area contributed by atoms with Crippen LogP contribution in [0.1, 0.15) is 18.5 Å². The summed E-state index contributed by atoms with van der Waals surface area (Å²) in [7, 11) is 1.60. The number of hydrogen-bond acceptors (Lipinski definition) is 4. The van der Waals surface area contributed by atoms with E-state index in [9.17, 15) is 4.39 Å². The topological polar surface area (TPSA) is 27.7 Å². The molecule has 0 bridgehead atoms. The molecule has 0 radical (unpaired) electrons. The maximum absolute atomic E-state index is 14.2. The average molecular weight is 293 g/mol. The van der Waals surface area contributed by atoms with E-state index in [1.54, 1.807) is 13.2 Å². The number of methoxy groups -OCH3 is 1. The van der Waals surface area contributed by atoms with E-state index in [0.717, 1.165) is 39.3 Å². The Morgan fingerprint density at radius 2 is 1.95 bits per heavy atom. The van der Waals surface area contributed by atoms with Crippen LogP contribution >= 0.6 is 0 Å². The molecule has 0 aliphatic carbocycles. The predicted octanol–water partition coefficient (Wildman–Crippen LogP) is 1.48. The molecular formula is C16H24FN3O. The summed E-state index contributed by atoms with van der Waals surface area (Å²) in [5.74, 6) is 0.473. The van der Waals surface area contributed by atoms with Crippen molar-refractivity contribution in [2.45, 2.75) is 19.0 Å². The lowest BCUT2D eigenvalue weighted by Crippen LogP contribution is -2.61. The average Bonchev–Trinajstić information content (AvgIpc) is 2.45. The van der Waals surface area contributed by atoms with Crippen LogP contribution in [0.3, 0.4) is 0 Å². The first-order valence-corrected chi connectivity index (χ1v) is 7.72. The molecule has 1 aromatic rings. The van der Waals surface area contributed by atoms with Crippen LogP contribution in [-0.4, -0.2) is 62.2 Å².